The first-order valence-electron chi connectivity index (χ1n) is 6.07. The van der Waals surface area contributed by atoms with Crippen molar-refractivity contribution >= 4 is 36.7 Å². The van der Waals surface area contributed by atoms with Gasteiger partial charge < -0.3 is 4.42 Å². The van der Waals surface area contributed by atoms with Crippen molar-refractivity contribution in [1.29, 1.82) is 0 Å². The second-order valence-electron chi connectivity index (χ2n) is 4.38. The van der Waals surface area contributed by atoms with Crippen LogP contribution in [0.4, 0.5) is 0 Å². The second-order valence-corrected chi connectivity index (χ2v) is 7.06. The number of furan rings is 1. The number of fused-ring (bicyclic) bond motifs is 1. The molecule has 3 rings (SSSR count). The Hall–Kier alpha value is -1.86. The molecular formula is C14H11BrN2O3S. The van der Waals surface area contributed by atoms with E-state index in [-0.39, 0.29) is 0 Å². The van der Waals surface area contributed by atoms with Crippen LogP contribution >= 0.6 is 15.9 Å². The molecule has 1 atom stereocenters. The van der Waals surface area contributed by atoms with E-state index < -0.39 is 15.3 Å². The van der Waals surface area contributed by atoms with E-state index in [0.717, 1.165) is 14.7 Å². The van der Waals surface area contributed by atoms with Crippen LogP contribution in [0.1, 0.15) is 11.0 Å². The lowest BCUT2D eigenvalue weighted by Crippen LogP contribution is -2.18. The number of imidazole rings is 1. The summed E-state index contributed by atoms with van der Waals surface area (Å²) in [6.45, 7) is 3.64. The number of nitrogens with zero attached hydrogens (tertiary/aromatic N) is 2. The summed E-state index contributed by atoms with van der Waals surface area (Å²) >= 11 is 3.32. The molecule has 0 aliphatic carbocycles. The van der Waals surface area contributed by atoms with Crippen LogP contribution in [0.3, 0.4) is 0 Å². The second kappa shape index (κ2) is 5.16. The fraction of sp³-hybridized carbons (Fsp3) is 0.0714. The Labute approximate surface area is 130 Å². The highest BCUT2D eigenvalue weighted by Gasteiger charge is 2.31. The van der Waals surface area contributed by atoms with Crippen LogP contribution in [-0.4, -0.2) is 17.4 Å². The van der Waals surface area contributed by atoms with Crippen LogP contribution in [0.25, 0.3) is 10.8 Å². The lowest BCUT2D eigenvalue weighted by Gasteiger charge is -2.12. The smallest absolute Gasteiger partial charge is 0.253 e. The molecule has 108 valence electrons. The zero-order valence-electron chi connectivity index (χ0n) is 10.8. The van der Waals surface area contributed by atoms with Crippen LogP contribution in [0.5, 0.6) is 0 Å². The van der Waals surface area contributed by atoms with Gasteiger partial charge in [0.15, 0.2) is 9.92 Å². The molecule has 0 saturated carbocycles. The van der Waals surface area contributed by atoms with Crippen LogP contribution in [-0.2, 0) is 10.0 Å². The third-order valence-corrected chi connectivity index (χ3v) is 5.61. The average Bonchev–Trinajstić information content (AvgIpc) is 3.10. The highest BCUT2D eigenvalue weighted by atomic mass is 79.9. The molecule has 1 unspecified atom stereocenters. The van der Waals surface area contributed by atoms with E-state index in [2.05, 4.69) is 27.5 Å². The molecule has 0 aliphatic heterocycles. The summed E-state index contributed by atoms with van der Waals surface area (Å²) in [5, 5.41) is 0.557. The molecule has 0 fully saturated rings. The molecule has 3 aromatic rings. The van der Waals surface area contributed by atoms with E-state index in [1.54, 1.807) is 0 Å². The molecule has 7 heteroatoms. The van der Waals surface area contributed by atoms with Gasteiger partial charge in [0.1, 0.15) is 12.1 Å². The van der Waals surface area contributed by atoms with Gasteiger partial charge in [-0.1, -0.05) is 24.3 Å². The molecule has 0 aliphatic rings. The summed E-state index contributed by atoms with van der Waals surface area (Å²) in [4.78, 5) is 3.78. The minimum Gasteiger partial charge on any atom is -0.451 e. The number of halogens is 1. The predicted octanol–water partition coefficient (Wildman–Crippen LogP) is 3.50. The molecule has 2 heterocycles. The van der Waals surface area contributed by atoms with E-state index in [1.165, 1.54) is 24.8 Å². The Morgan fingerprint density at radius 2 is 2.05 bits per heavy atom. The van der Waals surface area contributed by atoms with E-state index in [4.69, 9.17) is 4.42 Å². The van der Waals surface area contributed by atoms with Crippen molar-refractivity contribution in [3.63, 3.8) is 0 Å². The number of hydrogen-bond acceptors (Lipinski definition) is 4. The quantitative estimate of drug-likeness (QED) is 0.662. The lowest BCUT2D eigenvalue weighted by atomic mass is 10.1. The number of aromatic nitrogens is 2. The summed E-state index contributed by atoms with van der Waals surface area (Å²) in [5.41, 5.74) is 0. The van der Waals surface area contributed by atoms with Gasteiger partial charge in [-0.05, 0) is 22.0 Å². The highest BCUT2D eigenvalue weighted by molar-refractivity contribution is 9.10. The molecule has 21 heavy (non-hydrogen) atoms. The van der Waals surface area contributed by atoms with Crippen LogP contribution < -0.4 is 0 Å². The largest absolute Gasteiger partial charge is 0.451 e. The maximum Gasteiger partial charge on any atom is 0.253 e. The van der Waals surface area contributed by atoms with Gasteiger partial charge in [0.25, 0.3) is 10.0 Å². The highest BCUT2D eigenvalue weighted by Crippen LogP contribution is 2.37. The Balaban J connectivity index is 2.22. The summed E-state index contributed by atoms with van der Waals surface area (Å²) < 4.78 is 32.5. The molecular weight excluding hydrogens is 356 g/mol. The zero-order valence-corrected chi connectivity index (χ0v) is 13.2. The summed E-state index contributed by atoms with van der Waals surface area (Å²) in [6.07, 6.45) is 5.39. The molecule has 0 amide bonds. The molecule has 5 nitrogen and oxygen atoms in total. The summed E-state index contributed by atoms with van der Waals surface area (Å²) in [6, 6.07) is 7.37. The lowest BCUT2D eigenvalue weighted by molar-refractivity contribution is 0.492. The predicted molar refractivity (Wildman–Crippen MR) is 83.4 cm³/mol. The van der Waals surface area contributed by atoms with Gasteiger partial charge in [-0.2, -0.15) is 0 Å². The molecule has 1 aromatic carbocycles. The van der Waals surface area contributed by atoms with Crippen molar-refractivity contribution in [2.45, 2.75) is 5.25 Å². The summed E-state index contributed by atoms with van der Waals surface area (Å²) in [5.74, 6) is 0.334. The summed E-state index contributed by atoms with van der Waals surface area (Å²) in [7, 11) is -3.72. The third-order valence-electron chi connectivity index (χ3n) is 3.17. The molecule has 0 bridgehead atoms. The Kier molecular flexibility index (Phi) is 3.46. The van der Waals surface area contributed by atoms with Crippen molar-refractivity contribution < 1.29 is 12.8 Å². The van der Waals surface area contributed by atoms with Gasteiger partial charge in [-0.15, -0.1) is 6.58 Å². The fourth-order valence-electron chi connectivity index (χ4n) is 2.18. The normalized spacial score (nSPS) is 13.4. The molecule has 2 aromatic heterocycles. The first-order chi connectivity index (χ1) is 10.1. The molecule has 0 saturated heterocycles. The van der Waals surface area contributed by atoms with Gasteiger partial charge in [0.2, 0.25) is 0 Å². The Bertz CT molecular complexity index is 898. The van der Waals surface area contributed by atoms with Gasteiger partial charge in [-0.3, -0.25) is 0 Å². The van der Waals surface area contributed by atoms with Crippen molar-refractivity contribution in [1.82, 2.24) is 8.96 Å². The maximum atomic E-state index is 12.7. The van der Waals surface area contributed by atoms with Gasteiger partial charge in [-0.25, -0.2) is 17.4 Å². The zero-order chi connectivity index (χ0) is 15.0. The number of benzene rings is 1. The SMILES string of the molecule is C=CC(c1oc(Br)c2ccccc12)S(=O)(=O)n1ccnc1. The Morgan fingerprint density at radius 1 is 1.33 bits per heavy atom. The van der Waals surface area contributed by atoms with Gasteiger partial charge >= 0.3 is 0 Å². The Morgan fingerprint density at radius 3 is 2.67 bits per heavy atom. The fourth-order valence-corrected chi connectivity index (χ4v) is 4.06. The van der Waals surface area contributed by atoms with Crippen LogP contribution in [0, 0.1) is 0 Å². The first kappa shape index (κ1) is 14.1. The number of rotatable bonds is 4. The van der Waals surface area contributed by atoms with Crippen LogP contribution in [0.2, 0.25) is 0 Å². The van der Waals surface area contributed by atoms with Crippen molar-refractivity contribution in [2.75, 3.05) is 0 Å². The van der Waals surface area contributed by atoms with Crippen molar-refractivity contribution in [3.05, 3.63) is 66.1 Å². The molecule has 0 N–H and O–H groups in total. The third kappa shape index (κ3) is 2.22. The number of hydrogen-bond donors (Lipinski definition) is 0. The topological polar surface area (TPSA) is 65.1 Å². The van der Waals surface area contributed by atoms with Crippen molar-refractivity contribution in [3.8, 4) is 0 Å². The van der Waals surface area contributed by atoms with Crippen LogP contribution in [0.15, 0.2) is 64.7 Å². The van der Waals surface area contributed by atoms with E-state index >= 15 is 0 Å². The van der Waals surface area contributed by atoms with Crippen molar-refractivity contribution in [2.24, 2.45) is 0 Å². The van der Waals surface area contributed by atoms with E-state index in [0.29, 0.717) is 10.4 Å². The van der Waals surface area contributed by atoms with Gasteiger partial charge in [0, 0.05) is 23.2 Å². The minimum atomic E-state index is -3.72. The minimum absolute atomic E-state index is 0.334. The molecule has 0 spiro atoms. The monoisotopic (exact) mass is 366 g/mol. The van der Waals surface area contributed by atoms with E-state index in [9.17, 15) is 8.42 Å². The van der Waals surface area contributed by atoms with E-state index in [1.807, 2.05) is 24.3 Å². The van der Waals surface area contributed by atoms with Gasteiger partial charge in [0.05, 0.1) is 0 Å². The maximum absolute atomic E-state index is 12.7. The average molecular weight is 367 g/mol. The molecule has 0 radical (unpaired) electrons. The standard InChI is InChI=1S/C14H11BrN2O3S/c1-2-12(21(18,19)17-8-7-16-9-17)13-10-5-3-4-6-11(10)14(15)20-13/h2-9,12H,1H2. The first-order valence-corrected chi connectivity index (χ1v) is 8.37.